The minimum atomic E-state index is 0.851. The third-order valence-electron chi connectivity index (χ3n) is 8.48. The van der Waals surface area contributed by atoms with Crippen LogP contribution in [0.2, 0.25) is 0 Å². The van der Waals surface area contributed by atoms with E-state index in [0.29, 0.717) is 0 Å². The first-order valence-electron chi connectivity index (χ1n) is 15.4. The van der Waals surface area contributed by atoms with Crippen LogP contribution in [0, 0.1) is 13.8 Å². The van der Waals surface area contributed by atoms with Crippen molar-refractivity contribution in [2.75, 3.05) is 9.80 Å². The summed E-state index contributed by atoms with van der Waals surface area (Å²) >= 11 is 0. The number of aryl methyl sites for hydroxylation is 2. The van der Waals surface area contributed by atoms with Crippen LogP contribution in [0.1, 0.15) is 11.1 Å². The third kappa shape index (κ3) is 4.61. The lowest BCUT2D eigenvalue weighted by atomic mass is 9.97. The van der Waals surface area contributed by atoms with E-state index in [4.69, 9.17) is 4.42 Å². The van der Waals surface area contributed by atoms with Crippen molar-refractivity contribution in [1.29, 1.82) is 0 Å². The predicted molar refractivity (Wildman–Crippen MR) is 190 cm³/mol. The summed E-state index contributed by atoms with van der Waals surface area (Å²) in [5.74, 6) is 0. The molecule has 0 aliphatic heterocycles. The summed E-state index contributed by atoms with van der Waals surface area (Å²) in [6, 6.07) is 55.8. The largest absolute Gasteiger partial charge is 0.454 e. The van der Waals surface area contributed by atoms with Crippen molar-refractivity contribution in [3.63, 3.8) is 0 Å². The van der Waals surface area contributed by atoms with Crippen molar-refractivity contribution >= 4 is 66.8 Å². The van der Waals surface area contributed by atoms with Crippen LogP contribution in [0.3, 0.4) is 0 Å². The molecule has 3 heteroatoms. The zero-order valence-corrected chi connectivity index (χ0v) is 25.3. The van der Waals surface area contributed by atoms with E-state index in [2.05, 4.69) is 181 Å². The Labute approximate surface area is 263 Å². The maximum absolute atomic E-state index is 6.96. The topological polar surface area (TPSA) is 19.6 Å². The van der Waals surface area contributed by atoms with Gasteiger partial charge in [-0.05, 0) is 79.6 Å². The Morgan fingerprint density at radius 2 is 0.844 bits per heavy atom. The highest BCUT2D eigenvalue weighted by Gasteiger charge is 2.29. The molecular formula is C42H32N2O. The monoisotopic (exact) mass is 580 g/mol. The average Bonchev–Trinajstić information content (AvgIpc) is 3.46. The van der Waals surface area contributed by atoms with E-state index in [0.717, 1.165) is 66.8 Å². The highest BCUT2D eigenvalue weighted by molar-refractivity contribution is 6.28. The predicted octanol–water partition coefficient (Wildman–Crippen LogP) is 12.3. The molecule has 7 aromatic carbocycles. The zero-order chi connectivity index (χ0) is 30.3. The summed E-state index contributed by atoms with van der Waals surface area (Å²) in [5.41, 5.74) is 10.6. The highest BCUT2D eigenvalue weighted by Crippen LogP contribution is 2.53. The molecule has 8 aromatic rings. The van der Waals surface area contributed by atoms with Crippen LogP contribution in [0.4, 0.5) is 34.1 Å². The van der Waals surface area contributed by atoms with Crippen molar-refractivity contribution in [3.05, 3.63) is 169 Å². The molecule has 0 atom stereocenters. The van der Waals surface area contributed by atoms with Gasteiger partial charge in [-0.2, -0.15) is 0 Å². The number of rotatable bonds is 6. The van der Waals surface area contributed by atoms with Crippen molar-refractivity contribution in [1.82, 2.24) is 0 Å². The standard InChI is InChI=1S/C42H32N2O/c1-29-15-13-21-33(27-29)43(31-17-5-3-6-18-31)40-35-23-9-10-24-36(35)41(42-39(40)37-25-11-12-26-38(37)45-42)44(32-19-7-4-8-20-32)34-22-14-16-30(2)28-34/h3-28H,1-2H3. The van der Waals surface area contributed by atoms with Crippen molar-refractivity contribution in [2.24, 2.45) is 0 Å². The summed E-state index contributed by atoms with van der Waals surface area (Å²) in [6.07, 6.45) is 0. The number of hydrogen-bond donors (Lipinski definition) is 0. The van der Waals surface area contributed by atoms with Crippen LogP contribution in [0.5, 0.6) is 0 Å². The molecule has 3 nitrogen and oxygen atoms in total. The quantitative estimate of drug-likeness (QED) is 0.182. The number of benzene rings is 7. The lowest BCUT2D eigenvalue weighted by Gasteiger charge is -2.31. The molecule has 0 bridgehead atoms. The highest BCUT2D eigenvalue weighted by atomic mass is 16.3. The van der Waals surface area contributed by atoms with Gasteiger partial charge in [0.15, 0.2) is 5.58 Å². The minimum absolute atomic E-state index is 0.851. The molecule has 1 heterocycles. The molecule has 0 saturated carbocycles. The molecule has 0 aliphatic rings. The Hall–Kier alpha value is -5.80. The van der Waals surface area contributed by atoms with Gasteiger partial charge in [0.2, 0.25) is 0 Å². The maximum Gasteiger partial charge on any atom is 0.162 e. The van der Waals surface area contributed by atoms with E-state index < -0.39 is 0 Å². The van der Waals surface area contributed by atoms with Gasteiger partial charge in [-0.3, -0.25) is 0 Å². The van der Waals surface area contributed by atoms with Gasteiger partial charge in [0.25, 0.3) is 0 Å². The van der Waals surface area contributed by atoms with Gasteiger partial charge in [0.1, 0.15) is 5.58 Å². The molecule has 216 valence electrons. The lowest BCUT2D eigenvalue weighted by Crippen LogP contribution is -2.14. The third-order valence-corrected chi connectivity index (χ3v) is 8.48. The molecule has 0 unspecified atom stereocenters. The van der Waals surface area contributed by atoms with Crippen molar-refractivity contribution < 1.29 is 4.42 Å². The second kappa shape index (κ2) is 11.0. The number of nitrogens with zero attached hydrogens (tertiary/aromatic N) is 2. The number of hydrogen-bond acceptors (Lipinski definition) is 3. The van der Waals surface area contributed by atoms with Crippen LogP contribution in [0.25, 0.3) is 32.7 Å². The van der Waals surface area contributed by atoms with Gasteiger partial charge in [-0.15, -0.1) is 0 Å². The molecule has 0 N–H and O–H groups in total. The summed E-state index contributed by atoms with van der Waals surface area (Å²) in [4.78, 5) is 4.74. The molecule has 0 saturated heterocycles. The molecule has 0 amide bonds. The average molecular weight is 581 g/mol. The molecule has 1 aromatic heterocycles. The summed E-state index contributed by atoms with van der Waals surface area (Å²) < 4.78 is 6.96. The molecule has 8 rings (SSSR count). The van der Waals surface area contributed by atoms with Crippen LogP contribution < -0.4 is 9.80 Å². The minimum Gasteiger partial charge on any atom is -0.454 e. The maximum atomic E-state index is 6.96. The van der Waals surface area contributed by atoms with Crippen molar-refractivity contribution in [3.8, 4) is 0 Å². The molecular weight excluding hydrogens is 548 g/mol. The summed E-state index contributed by atoms with van der Waals surface area (Å²) in [5, 5.41) is 4.42. The van der Waals surface area contributed by atoms with Gasteiger partial charge in [-0.1, -0.05) is 103 Å². The van der Waals surface area contributed by atoms with Crippen LogP contribution in [0.15, 0.2) is 162 Å². The van der Waals surface area contributed by atoms with Crippen LogP contribution >= 0.6 is 0 Å². The summed E-state index contributed by atoms with van der Waals surface area (Å²) in [7, 11) is 0. The molecule has 0 fully saturated rings. The molecule has 0 aliphatic carbocycles. The lowest BCUT2D eigenvalue weighted by molar-refractivity contribution is 0.669. The van der Waals surface area contributed by atoms with E-state index >= 15 is 0 Å². The van der Waals surface area contributed by atoms with E-state index in [-0.39, 0.29) is 0 Å². The van der Waals surface area contributed by atoms with Crippen LogP contribution in [-0.2, 0) is 0 Å². The second-order valence-corrected chi connectivity index (χ2v) is 11.6. The van der Waals surface area contributed by atoms with Gasteiger partial charge >= 0.3 is 0 Å². The first-order valence-corrected chi connectivity index (χ1v) is 15.4. The van der Waals surface area contributed by atoms with Crippen molar-refractivity contribution in [2.45, 2.75) is 13.8 Å². The van der Waals surface area contributed by atoms with Crippen LogP contribution in [-0.4, -0.2) is 0 Å². The normalized spacial score (nSPS) is 11.3. The van der Waals surface area contributed by atoms with Gasteiger partial charge in [0.05, 0.1) is 16.8 Å². The summed E-state index contributed by atoms with van der Waals surface area (Å²) in [6.45, 7) is 4.29. The molecule has 45 heavy (non-hydrogen) atoms. The Morgan fingerprint density at radius 3 is 1.40 bits per heavy atom. The van der Waals surface area contributed by atoms with E-state index in [1.165, 1.54) is 11.1 Å². The Morgan fingerprint density at radius 1 is 0.400 bits per heavy atom. The Balaban J connectivity index is 1.57. The van der Waals surface area contributed by atoms with E-state index in [1.54, 1.807) is 0 Å². The number of para-hydroxylation sites is 3. The number of fused-ring (bicyclic) bond motifs is 4. The Kier molecular flexibility index (Phi) is 6.57. The molecule has 0 radical (unpaired) electrons. The van der Waals surface area contributed by atoms with Gasteiger partial charge in [-0.25, -0.2) is 0 Å². The van der Waals surface area contributed by atoms with E-state index in [9.17, 15) is 0 Å². The van der Waals surface area contributed by atoms with Gasteiger partial charge in [0, 0.05) is 38.9 Å². The first kappa shape index (κ1) is 26.8. The second-order valence-electron chi connectivity index (χ2n) is 11.6. The van der Waals surface area contributed by atoms with Gasteiger partial charge < -0.3 is 14.2 Å². The zero-order valence-electron chi connectivity index (χ0n) is 25.3. The molecule has 0 spiro atoms. The fourth-order valence-corrected chi connectivity index (χ4v) is 6.56. The number of anilines is 6. The fraction of sp³-hybridized carbons (Fsp3) is 0.0476. The smallest absolute Gasteiger partial charge is 0.162 e. The number of furan rings is 1. The SMILES string of the molecule is Cc1cccc(N(c2ccccc2)c2c3ccccc3c(N(c3ccccc3)c3cccc(C)c3)c3c2oc2ccccc23)c1. The van der Waals surface area contributed by atoms with E-state index in [1.807, 2.05) is 0 Å². The fourth-order valence-electron chi connectivity index (χ4n) is 6.56. The first-order chi connectivity index (χ1) is 22.2. The Bertz CT molecular complexity index is 2300.